The molecule has 4 heteroatoms. The lowest BCUT2D eigenvalue weighted by Gasteiger charge is -2.09. The number of hydrogen-bond donors (Lipinski definition) is 1. The van der Waals surface area contributed by atoms with Gasteiger partial charge in [0.1, 0.15) is 4.99 Å². The largest absolute Gasteiger partial charge is 0.348 e. The first-order valence-electron chi connectivity index (χ1n) is 5.93. The summed E-state index contributed by atoms with van der Waals surface area (Å²) in [5.41, 5.74) is 4.48. The van der Waals surface area contributed by atoms with Crippen LogP contribution in [-0.4, -0.2) is 14.8 Å². The molecule has 0 unspecified atom stereocenters. The van der Waals surface area contributed by atoms with Gasteiger partial charge in [-0.05, 0) is 38.5 Å². The Morgan fingerprint density at radius 3 is 2.44 bits per heavy atom. The van der Waals surface area contributed by atoms with E-state index < -0.39 is 0 Å². The highest BCUT2D eigenvalue weighted by atomic mass is 32.1. The van der Waals surface area contributed by atoms with Crippen molar-refractivity contribution in [1.29, 1.82) is 0 Å². The normalized spacial score (nSPS) is 10.4. The van der Waals surface area contributed by atoms with E-state index in [9.17, 15) is 0 Å². The van der Waals surface area contributed by atoms with Gasteiger partial charge in [-0.15, -0.1) is 0 Å². The minimum Gasteiger partial charge on any atom is -0.348 e. The summed E-state index contributed by atoms with van der Waals surface area (Å²) in [7, 11) is 0. The Morgan fingerprint density at radius 1 is 1.22 bits per heavy atom. The Hall–Kier alpha value is -1.68. The Labute approximate surface area is 113 Å². The summed E-state index contributed by atoms with van der Waals surface area (Å²) in [5, 5.41) is 7.70. The van der Waals surface area contributed by atoms with Gasteiger partial charge in [0.15, 0.2) is 0 Å². The van der Waals surface area contributed by atoms with E-state index in [-0.39, 0.29) is 0 Å². The van der Waals surface area contributed by atoms with Gasteiger partial charge >= 0.3 is 0 Å². The zero-order valence-corrected chi connectivity index (χ0v) is 11.7. The van der Waals surface area contributed by atoms with Gasteiger partial charge in [-0.1, -0.05) is 30.4 Å². The summed E-state index contributed by atoms with van der Waals surface area (Å²) in [6.45, 7) is 6.79. The van der Waals surface area contributed by atoms with Crippen LogP contribution < -0.4 is 5.32 Å². The standard InChI is InChI=1S/C14H17N3S/c1-10-11(2)16-17(12(10)3)9-14(18)15-13-7-5-4-6-8-13/h4-8H,9H2,1-3H3,(H,15,18). The molecule has 1 aromatic carbocycles. The van der Waals surface area contributed by atoms with E-state index in [1.807, 2.05) is 41.9 Å². The second kappa shape index (κ2) is 5.31. The Balaban J connectivity index is 2.06. The first-order chi connectivity index (χ1) is 8.58. The van der Waals surface area contributed by atoms with Gasteiger partial charge in [0.05, 0.1) is 12.2 Å². The maximum absolute atomic E-state index is 5.36. The van der Waals surface area contributed by atoms with Crippen molar-refractivity contribution >= 4 is 22.9 Å². The van der Waals surface area contributed by atoms with Crippen LogP contribution in [0.2, 0.25) is 0 Å². The molecule has 0 spiro atoms. The van der Waals surface area contributed by atoms with Gasteiger partial charge in [0, 0.05) is 11.4 Å². The van der Waals surface area contributed by atoms with Crippen LogP contribution in [-0.2, 0) is 6.54 Å². The van der Waals surface area contributed by atoms with Crippen molar-refractivity contribution in [3.05, 3.63) is 47.3 Å². The summed E-state index contributed by atoms with van der Waals surface area (Å²) in [5.74, 6) is 0. The first kappa shape index (κ1) is 12.8. The van der Waals surface area contributed by atoms with Crippen LogP contribution in [0.15, 0.2) is 30.3 Å². The molecule has 18 heavy (non-hydrogen) atoms. The molecule has 2 aromatic rings. The Kier molecular flexibility index (Phi) is 3.77. The molecule has 0 saturated carbocycles. The average molecular weight is 259 g/mol. The third kappa shape index (κ3) is 2.76. The fourth-order valence-electron chi connectivity index (χ4n) is 1.80. The number of aromatic nitrogens is 2. The molecule has 0 aliphatic rings. The molecule has 2 rings (SSSR count). The van der Waals surface area contributed by atoms with Crippen molar-refractivity contribution in [3.8, 4) is 0 Å². The fourth-order valence-corrected chi connectivity index (χ4v) is 2.04. The van der Waals surface area contributed by atoms with Crippen molar-refractivity contribution in [1.82, 2.24) is 9.78 Å². The lowest BCUT2D eigenvalue weighted by atomic mass is 10.2. The summed E-state index contributed by atoms with van der Waals surface area (Å²) < 4.78 is 1.95. The lowest BCUT2D eigenvalue weighted by molar-refractivity contribution is 0.695. The number of para-hydroxylation sites is 1. The number of thiocarbonyl (C=S) groups is 1. The molecular formula is C14H17N3S. The number of nitrogens with one attached hydrogen (secondary N) is 1. The molecule has 0 fully saturated rings. The maximum atomic E-state index is 5.36. The van der Waals surface area contributed by atoms with Gasteiger partial charge in [-0.2, -0.15) is 5.10 Å². The van der Waals surface area contributed by atoms with Crippen molar-refractivity contribution < 1.29 is 0 Å². The number of benzene rings is 1. The highest BCUT2D eigenvalue weighted by Crippen LogP contribution is 2.12. The Bertz CT molecular complexity index is 558. The SMILES string of the molecule is Cc1nn(CC(=S)Nc2ccccc2)c(C)c1C. The van der Waals surface area contributed by atoms with Crippen LogP contribution in [0.4, 0.5) is 5.69 Å². The highest BCUT2D eigenvalue weighted by Gasteiger charge is 2.08. The lowest BCUT2D eigenvalue weighted by Crippen LogP contribution is -2.18. The van der Waals surface area contributed by atoms with Crippen LogP contribution in [0.5, 0.6) is 0 Å². The minimum atomic E-state index is 0.616. The van der Waals surface area contributed by atoms with E-state index in [0.29, 0.717) is 6.54 Å². The number of nitrogens with zero attached hydrogens (tertiary/aromatic N) is 2. The predicted molar refractivity (Wildman–Crippen MR) is 79.1 cm³/mol. The monoisotopic (exact) mass is 259 g/mol. The molecule has 0 bridgehead atoms. The van der Waals surface area contributed by atoms with Crippen LogP contribution in [0.3, 0.4) is 0 Å². The van der Waals surface area contributed by atoms with E-state index in [2.05, 4.69) is 24.3 Å². The second-order valence-electron chi connectivity index (χ2n) is 4.37. The summed E-state index contributed by atoms with van der Waals surface area (Å²) >= 11 is 5.36. The molecule has 3 nitrogen and oxygen atoms in total. The molecule has 1 N–H and O–H groups in total. The van der Waals surface area contributed by atoms with Crippen LogP contribution in [0, 0.1) is 20.8 Å². The number of rotatable bonds is 3. The van der Waals surface area contributed by atoms with Crippen LogP contribution in [0.1, 0.15) is 17.0 Å². The van der Waals surface area contributed by atoms with E-state index in [1.54, 1.807) is 0 Å². The minimum absolute atomic E-state index is 0.616. The smallest absolute Gasteiger partial charge is 0.102 e. The predicted octanol–water partition coefficient (Wildman–Crippen LogP) is 3.25. The fraction of sp³-hybridized carbons (Fsp3) is 0.286. The molecule has 0 amide bonds. The molecule has 1 aromatic heterocycles. The molecule has 0 saturated heterocycles. The average Bonchev–Trinajstić information content (AvgIpc) is 2.58. The molecule has 1 heterocycles. The second-order valence-corrected chi connectivity index (χ2v) is 4.86. The van der Waals surface area contributed by atoms with Crippen molar-refractivity contribution in [2.24, 2.45) is 0 Å². The number of anilines is 1. The molecule has 0 radical (unpaired) electrons. The third-order valence-electron chi connectivity index (χ3n) is 3.09. The summed E-state index contributed by atoms with van der Waals surface area (Å²) in [6, 6.07) is 9.95. The van der Waals surface area contributed by atoms with Gasteiger partial charge in [-0.25, -0.2) is 0 Å². The third-order valence-corrected chi connectivity index (χ3v) is 3.33. The number of aryl methyl sites for hydroxylation is 1. The van der Waals surface area contributed by atoms with Crippen LogP contribution in [0.25, 0.3) is 0 Å². The van der Waals surface area contributed by atoms with Crippen LogP contribution >= 0.6 is 12.2 Å². The topological polar surface area (TPSA) is 29.9 Å². The van der Waals surface area contributed by atoms with Crippen molar-refractivity contribution in [2.45, 2.75) is 27.3 Å². The molecule has 0 aliphatic heterocycles. The zero-order chi connectivity index (χ0) is 13.1. The van der Waals surface area contributed by atoms with Gasteiger partial charge in [0.25, 0.3) is 0 Å². The zero-order valence-electron chi connectivity index (χ0n) is 10.9. The maximum Gasteiger partial charge on any atom is 0.102 e. The van der Waals surface area contributed by atoms with Gasteiger partial charge in [0.2, 0.25) is 0 Å². The van der Waals surface area contributed by atoms with Gasteiger partial charge in [-0.3, -0.25) is 4.68 Å². The quantitative estimate of drug-likeness (QED) is 0.858. The van der Waals surface area contributed by atoms with E-state index in [0.717, 1.165) is 16.4 Å². The molecule has 0 atom stereocenters. The molecular weight excluding hydrogens is 242 g/mol. The van der Waals surface area contributed by atoms with Gasteiger partial charge < -0.3 is 5.32 Å². The Morgan fingerprint density at radius 2 is 1.89 bits per heavy atom. The summed E-state index contributed by atoms with van der Waals surface area (Å²) in [4.78, 5) is 0.770. The van der Waals surface area contributed by atoms with E-state index in [1.165, 1.54) is 11.3 Å². The number of hydrogen-bond acceptors (Lipinski definition) is 2. The van der Waals surface area contributed by atoms with Crippen molar-refractivity contribution in [3.63, 3.8) is 0 Å². The highest BCUT2D eigenvalue weighted by molar-refractivity contribution is 7.80. The van der Waals surface area contributed by atoms with E-state index in [4.69, 9.17) is 12.2 Å². The molecule has 0 aliphatic carbocycles. The van der Waals surface area contributed by atoms with E-state index >= 15 is 0 Å². The first-order valence-corrected chi connectivity index (χ1v) is 6.34. The summed E-state index contributed by atoms with van der Waals surface area (Å²) in [6.07, 6.45) is 0. The van der Waals surface area contributed by atoms with Crippen molar-refractivity contribution in [2.75, 3.05) is 5.32 Å². The molecule has 94 valence electrons.